The van der Waals surface area contributed by atoms with Crippen LogP contribution < -0.4 is 0 Å². The molecule has 1 fully saturated rings. The van der Waals surface area contributed by atoms with Crippen molar-refractivity contribution in [3.05, 3.63) is 24.3 Å². The third kappa shape index (κ3) is 2.90. The van der Waals surface area contributed by atoms with Gasteiger partial charge in [0.2, 0.25) is 10.0 Å². The minimum absolute atomic E-state index is 0.411. The molecule has 0 radical (unpaired) electrons. The van der Waals surface area contributed by atoms with Crippen molar-refractivity contribution in [1.82, 2.24) is 4.31 Å². The molecule has 1 aliphatic rings. The van der Waals surface area contributed by atoms with Crippen molar-refractivity contribution in [1.29, 1.82) is 0 Å². The molecule has 0 spiro atoms. The standard InChI is InChI=1S/C13H19NO2S2/c1-11-4-3-9-14(10-11)18(15,16)13-7-5-12(17-2)6-8-13/h5-8,11H,3-4,9-10H2,1-2H3/t11-/m0/s1. The zero-order valence-corrected chi connectivity index (χ0v) is 12.4. The second kappa shape index (κ2) is 5.63. The van der Waals surface area contributed by atoms with Crippen LogP contribution in [0.2, 0.25) is 0 Å². The van der Waals surface area contributed by atoms with Crippen LogP contribution in [0.15, 0.2) is 34.1 Å². The van der Waals surface area contributed by atoms with Crippen LogP contribution in [0.3, 0.4) is 0 Å². The van der Waals surface area contributed by atoms with E-state index in [0.717, 1.165) is 17.7 Å². The summed E-state index contributed by atoms with van der Waals surface area (Å²) in [6, 6.07) is 7.15. The molecule has 5 heteroatoms. The maximum Gasteiger partial charge on any atom is 0.243 e. The second-order valence-electron chi connectivity index (χ2n) is 4.79. The van der Waals surface area contributed by atoms with Crippen LogP contribution in [0.4, 0.5) is 0 Å². The summed E-state index contributed by atoms with van der Waals surface area (Å²) in [7, 11) is -3.30. The maximum absolute atomic E-state index is 12.5. The van der Waals surface area contributed by atoms with Gasteiger partial charge in [0.05, 0.1) is 4.90 Å². The van der Waals surface area contributed by atoms with Gasteiger partial charge in [0.1, 0.15) is 0 Å². The molecule has 0 amide bonds. The number of hydrogen-bond donors (Lipinski definition) is 0. The average molecular weight is 285 g/mol. The van der Waals surface area contributed by atoms with Gasteiger partial charge in [0.25, 0.3) is 0 Å². The molecule has 1 aliphatic heterocycles. The Morgan fingerprint density at radius 1 is 1.28 bits per heavy atom. The molecule has 3 nitrogen and oxygen atoms in total. The highest BCUT2D eigenvalue weighted by Crippen LogP contribution is 2.24. The summed E-state index contributed by atoms with van der Waals surface area (Å²) in [5.41, 5.74) is 0. The second-order valence-corrected chi connectivity index (χ2v) is 7.60. The van der Waals surface area contributed by atoms with Crippen molar-refractivity contribution in [3.63, 3.8) is 0 Å². The maximum atomic E-state index is 12.5. The summed E-state index contributed by atoms with van der Waals surface area (Å²) in [5, 5.41) is 0. The van der Waals surface area contributed by atoms with Crippen LogP contribution in [0, 0.1) is 5.92 Å². The minimum Gasteiger partial charge on any atom is -0.207 e. The molecule has 2 rings (SSSR count). The molecule has 100 valence electrons. The number of nitrogens with zero attached hydrogens (tertiary/aromatic N) is 1. The fourth-order valence-electron chi connectivity index (χ4n) is 2.26. The van der Waals surface area contributed by atoms with Gasteiger partial charge in [-0.2, -0.15) is 4.31 Å². The van der Waals surface area contributed by atoms with Gasteiger partial charge in [-0.1, -0.05) is 6.92 Å². The minimum atomic E-state index is -3.30. The SMILES string of the molecule is CSc1ccc(S(=O)(=O)N2CCC[C@H](C)C2)cc1. The lowest BCUT2D eigenvalue weighted by molar-refractivity contribution is 0.281. The van der Waals surface area contributed by atoms with E-state index in [2.05, 4.69) is 6.92 Å². The average Bonchev–Trinajstić information content (AvgIpc) is 2.39. The van der Waals surface area contributed by atoms with E-state index in [-0.39, 0.29) is 0 Å². The fraction of sp³-hybridized carbons (Fsp3) is 0.538. The summed E-state index contributed by atoms with van der Waals surface area (Å²) >= 11 is 1.62. The predicted molar refractivity (Wildman–Crippen MR) is 75.4 cm³/mol. The molecule has 1 aromatic rings. The van der Waals surface area contributed by atoms with E-state index in [0.29, 0.717) is 23.9 Å². The summed E-state index contributed by atoms with van der Waals surface area (Å²) < 4.78 is 26.5. The van der Waals surface area contributed by atoms with E-state index >= 15 is 0 Å². The topological polar surface area (TPSA) is 37.4 Å². The predicted octanol–water partition coefficient (Wildman–Crippen LogP) is 2.83. The molecule has 18 heavy (non-hydrogen) atoms. The van der Waals surface area contributed by atoms with E-state index in [1.54, 1.807) is 28.2 Å². The quantitative estimate of drug-likeness (QED) is 0.801. The number of rotatable bonds is 3. The Labute approximate surface area is 114 Å². The first-order valence-corrected chi connectivity index (χ1v) is 8.84. The summed E-state index contributed by atoms with van der Waals surface area (Å²) in [5.74, 6) is 0.457. The molecule has 0 N–H and O–H groups in total. The summed E-state index contributed by atoms with van der Waals surface area (Å²) in [6.45, 7) is 3.40. The van der Waals surface area contributed by atoms with Crippen LogP contribution in [0.5, 0.6) is 0 Å². The fourth-order valence-corrected chi connectivity index (χ4v) is 4.27. The van der Waals surface area contributed by atoms with Gasteiger partial charge in [0, 0.05) is 18.0 Å². The molecule has 1 heterocycles. The Balaban J connectivity index is 2.23. The van der Waals surface area contributed by atoms with Crippen LogP contribution in [-0.2, 0) is 10.0 Å². The normalized spacial score (nSPS) is 22.0. The highest BCUT2D eigenvalue weighted by atomic mass is 32.2. The third-order valence-electron chi connectivity index (χ3n) is 3.32. The Bertz CT molecular complexity index is 496. The molecule has 0 aromatic heterocycles. The van der Waals surface area contributed by atoms with Crippen LogP contribution >= 0.6 is 11.8 Å². The van der Waals surface area contributed by atoms with E-state index < -0.39 is 10.0 Å². The number of benzene rings is 1. The van der Waals surface area contributed by atoms with Crippen molar-refractivity contribution in [2.75, 3.05) is 19.3 Å². The monoisotopic (exact) mass is 285 g/mol. The van der Waals surface area contributed by atoms with Gasteiger partial charge >= 0.3 is 0 Å². The highest BCUT2D eigenvalue weighted by molar-refractivity contribution is 7.98. The molecular weight excluding hydrogens is 266 g/mol. The van der Waals surface area contributed by atoms with Crippen LogP contribution in [-0.4, -0.2) is 32.1 Å². The Morgan fingerprint density at radius 3 is 2.50 bits per heavy atom. The van der Waals surface area contributed by atoms with E-state index in [4.69, 9.17) is 0 Å². The van der Waals surface area contributed by atoms with Gasteiger partial charge in [0.15, 0.2) is 0 Å². The number of sulfonamides is 1. The van der Waals surface area contributed by atoms with Gasteiger partial charge in [-0.15, -0.1) is 11.8 Å². The molecule has 0 unspecified atom stereocenters. The van der Waals surface area contributed by atoms with Crippen molar-refractivity contribution < 1.29 is 8.42 Å². The van der Waals surface area contributed by atoms with Crippen LogP contribution in [0.1, 0.15) is 19.8 Å². The lowest BCUT2D eigenvalue weighted by atomic mass is 10.0. The van der Waals surface area contributed by atoms with Crippen molar-refractivity contribution in [2.24, 2.45) is 5.92 Å². The third-order valence-corrected chi connectivity index (χ3v) is 5.94. The van der Waals surface area contributed by atoms with Crippen molar-refractivity contribution in [3.8, 4) is 0 Å². The zero-order chi connectivity index (χ0) is 13.2. The zero-order valence-electron chi connectivity index (χ0n) is 10.8. The largest absolute Gasteiger partial charge is 0.243 e. The first-order chi connectivity index (χ1) is 8.54. The van der Waals surface area contributed by atoms with Gasteiger partial charge in [-0.3, -0.25) is 0 Å². The first kappa shape index (κ1) is 13.9. The Morgan fingerprint density at radius 2 is 1.94 bits per heavy atom. The number of thioether (sulfide) groups is 1. The molecule has 1 atom stereocenters. The molecule has 1 saturated heterocycles. The summed E-state index contributed by atoms with van der Waals surface area (Å²) in [6.07, 6.45) is 4.07. The lowest BCUT2D eigenvalue weighted by Crippen LogP contribution is -2.39. The lowest BCUT2D eigenvalue weighted by Gasteiger charge is -2.30. The summed E-state index contributed by atoms with van der Waals surface area (Å²) in [4.78, 5) is 1.50. The van der Waals surface area contributed by atoms with E-state index in [1.165, 1.54) is 0 Å². The molecular formula is C13H19NO2S2. The van der Waals surface area contributed by atoms with Crippen LogP contribution in [0.25, 0.3) is 0 Å². The van der Waals surface area contributed by atoms with Crippen molar-refractivity contribution in [2.45, 2.75) is 29.6 Å². The van der Waals surface area contributed by atoms with Gasteiger partial charge in [-0.05, 0) is 49.3 Å². The highest BCUT2D eigenvalue weighted by Gasteiger charge is 2.28. The molecule has 0 aliphatic carbocycles. The Kier molecular flexibility index (Phi) is 4.35. The molecule has 0 saturated carbocycles. The van der Waals surface area contributed by atoms with Crippen molar-refractivity contribution >= 4 is 21.8 Å². The molecule has 0 bridgehead atoms. The van der Waals surface area contributed by atoms with Gasteiger partial charge < -0.3 is 0 Å². The smallest absolute Gasteiger partial charge is 0.207 e. The first-order valence-electron chi connectivity index (χ1n) is 6.18. The number of piperidine rings is 1. The van der Waals surface area contributed by atoms with E-state index in [9.17, 15) is 8.42 Å². The number of hydrogen-bond acceptors (Lipinski definition) is 3. The van der Waals surface area contributed by atoms with Gasteiger partial charge in [-0.25, -0.2) is 8.42 Å². The van der Waals surface area contributed by atoms with E-state index in [1.807, 2.05) is 18.4 Å². The molecule has 1 aromatic carbocycles. The Hall–Kier alpha value is -0.520.